The van der Waals surface area contributed by atoms with E-state index in [4.69, 9.17) is 9.47 Å². The molecule has 0 spiro atoms. The fourth-order valence-electron chi connectivity index (χ4n) is 3.52. The number of carbonyl (C=O) groups is 1. The smallest absolute Gasteiger partial charge is 0.270 e. The number of hydrogen-bond acceptors (Lipinski definition) is 7. The quantitative estimate of drug-likeness (QED) is 0.839. The van der Waals surface area contributed by atoms with E-state index in [-0.39, 0.29) is 5.91 Å². The van der Waals surface area contributed by atoms with E-state index in [9.17, 15) is 4.79 Å². The summed E-state index contributed by atoms with van der Waals surface area (Å²) in [4.78, 5) is 25.6. The van der Waals surface area contributed by atoms with Gasteiger partial charge in [0, 0.05) is 45.0 Å². The number of aromatic nitrogens is 2. The summed E-state index contributed by atoms with van der Waals surface area (Å²) in [5, 5.41) is 2.98. The molecule has 2 fully saturated rings. The van der Waals surface area contributed by atoms with Crippen molar-refractivity contribution in [2.75, 3.05) is 37.9 Å². The number of rotatable bonds is 5. The Balaban J connectivity index is 1.18. The molecule has 0 atom stereocenters. The Labute approximate surface area is 163 Å². The highest BCUT2D eigenvalue weighted by Crippen LogP contribution is 2.32. The molecule has 1 amide bonds. The van der Waals surface area contributed by atoms with Crippen molar-refractivity contribution < 1.29 is 14.3 Å². The molecule has 0 unspecified atom stereocenters. The van der Waals surface area contributed by atoms with Gasteiger partial charge in [0.2, 0.25) is 12.7 Å². The average molecular weight is 381 g/mol. The van der Waals surface area contributed by atoms with E-state index in [1.165, 1.54) is 5.56 Å². The minimum atomic E-state index is -0.104. The van der Waals surface area contributed by atoms with Crippen LogP contribution in [0.3, 0.4) is 0 Å². The zero-order valence-corrected chi connectivity index (χ0v) is 15.6. The van der Waals surface area contributed by atoms with Crippen LogP contribution < -0.4 is 19.7 Å². The van der Waals surface area contributed by atoms with E-state index in [0.29, 0.717) is 24.5 Å². The van der Waals surface area contributed by atoms with Gasteiger partial charge in [-0.2, -0.15) is 0 Å². The van der Waals surface area contributed by atoms with E-state index in [2.05, 4.69) is 37.2 Å². The molecule has 1 saturated carbocycles. The van der Waals surface area contributed by atoms with Crippen LogP contribution in [-0.4, -0.2) is 59.8 Å². The molecule has 146 valence electrons. The maximum atomic E-state index is 12.2. The van der Waals surface area contributed by atoms with Crippen LogP contribution in [0.25, 0.3) is 0 Å². The Kier molecular flexibility index (Phi) is 4.48. The lowest BCUT2D eigenvalue weighted by molar-refractivity contribution is 0.0946. The van der Waals surface area contributed by atoms with Crippen LogP contribution in [0.2, 0.25) is 0 Å². The predicted molar refractivity (Wildman–Crippen MR) is 103 cm³/mol. The highest BCUT2D eigenvalue weighted by molar-refractivity contribution is 5.92. The maximum absolute atomic E-state index is 12.2. The second-order valence-electron chi connectivity index (χ2n) is 7.44. The summed E-state index contributed by atoms with van der Waals surface area (Å²) in [7, 11) is 0. The molecule has 2 aliphatic heterocycles. The van der Waals surface area contributed by atoms with Gasteiger partial charge < -0.3 is 19.7 Å². The van der Waals surface area contributed by atoms with Gasteiger partial charge in [0.15, 0.2) is 11.5 Å². The number of anilines is 1. The Morgan fingerprint density at radius 3 is 2.75 bits per heavy atom. The monoisotopic (exact) mass is 381 g/mol. The van der Waals surface area contributed by atoms with Crippen molar-refractivity contribution in [1.82, 2.24) is 20.2 Å². The molecule has 28 heavy (non-hydrogen) atoms. The number of nitrogens with one attached hydrogen (secondary N) is 1. The van der Waals surface area contributed by atoms with Crippen molar-refractivity contribution in [3.63, 3.8) is 0 Å². The van der Waals surface area contributed by atoms with E-state index in [1.807, 2.05) is 6.07 Å². The van der Waals surface area contributed by atoms with E-state index in [0.717, 1.165) is 57.1 Å². The maximum Gasteiger partial charge on any atom is 0.270 e. The lowest BCUT2D eigenvalue weighted by atomic mass is 10.1. The van der Waals surface area contributed by atoms with Crippen LogP contribution in [-0.2, 0) is 6.54 Å². The lowest BCUT2D eigenvalue weighted by Crippen LogP contribution is -2.46. The number of benzene rings is 1. The molecule has 5 rings (SSSR count). The number of fused-ring (bicyclic) bond motifs is 1. The zero-order chi connectivity index (χ0) is 18.9. The molecule has 8 heteroatoms. The summed E-state index contributed by atoms with van der Waals surface area (Å²) in [6.45, 7) is 4.66. The van der Waals surface area contributed by atoms with Crippen molar-refractivity contribution in [3.8, 4) is 11.5 Å². The van der Waals surface area contributed by atoms with Crippen molar-refractivity contribution in [3.05, 3.63) is 41.7 Å². The molecular weight excluding hydrogens is 358 g/mol. The van der Waals surface area contributed by atoms with Gasteiger partial charge in [0.25, 0.3) is 5.91 Å². The zero-order valence-electron chi connectivity index (χ0n) is 15.6. The first-order valence-electron chi connectivity index (χ1n) is 9.74. The van der Waals surface area contributed by atoms with Crippen LogP contribution in [0, 0.1) is 0 Å². The van der Waals surface area contributed by atoms with Crippen molar-refractivity contribution in [2.45, 2.75) is 25.4 Å². The normalized spacial score (nSPS) is 18.9. The first-order valence-corrected chi connectivity index (χ1v) is 9.74. The lowest BCUT2D eigenvalue weighted by Gasteiger charge is -2.34. The Bertz CT molecular complexity index is 878. The SMILES string of the molecule is O=C(NC1CC1)c1ccnc(N2CCN(Cc3ccc4c(c3)OCO4)CC2)n1. The van der Waals surface area contributed by atoms with Gasteiger partial charge in [-0.3, -0.25) is 9.69 Å². The van der Waals surface area contributed by atoms with Gasteiger partial charge in [-0.1, -0.05) is 6.07 Å². The largest absolute Gasteiger partial charge is 0.454 e. The molecule has 3 aliphatic rings. The Morgan fingerprint density at radius 2 is 1.93 bits per heavy atom. The highest BCUT2D eigenvalue weighted by atomic mass is 16.7. The number of ether oxygens (including phenoxy) is 2. The average Bonchev–Trinajstić information content (AvgIpc) is 3.42. The molecule has 1 aliphatic carbocycles. The van der Waals surface area contributed by atoms with Gasteiger partial charge in [0.1, 0.15) is 5.69 Å². The van der Waals surface area contributed by atoms with E-state index >= 15 is 0 Å². The summed E-state index contributed by atoms with van der Waals surface area (Å²) in [5.74, 6) is 2.17. The van der Waals surface area contributed by atoms with Gasteiger partial charge in [-0.15, -0.1) is 0 Å². The molecule has 8 nitrogen and oxygen atoms in total. The number of hydrogen-bond donors (Lipinski definition) is 1. The number of carbonyl (C=O) groups excluding carboxylic acids is 1. The number of amides is 1. The second-order valence-corrected chi connectivity index (χ2v) is 7.44. The number of piperazine rings is 1. The van der Waals surface area contributed by atoms with Gasteiger partial charge in [-0.05, 0) is 36.6 Å². The highest BCUT2D eigenvalue weighted by Gasteiger charge is 2.25. The van der Waals surface area contributed by atoms with E-state index < -0.39 is 0 Å². The van der Waals surface area contributed by atoms with Crippen molar-refractivity contribution in [1.29, 1.82) is 0 Å². The van der Waals surface area contributed by atoms with Crippen LogP contribution in [0.15, 0.2) is 30.5 Å². The Hall–Kier alpha value is -2.87. The van der Waals surface area contributed by atoms with Crippen LogP contribution in [0.1, 0.15) is 28.9 Å². The summed E-state index contributed by atoms with van der Waals surface area (Å²) < 4.78 is 10.8. The fourth-order valence-corrected chi connectivity index (χ4v) is 3.52. The summed E-state index contributed by atoms with van der Waals surface area (Å²) in [6, 6.07) is 8.12. The molecule has 2 aromatic rings. The molecule has 0 bridgehead atoms. The molecule has 0 radical (unpaired) electrons. The third kappa shape index (κ3) is 3.73. The second kappa shape index (κ2) is 7.27. The summed E-state index contributed by atoms with van der Waals surface area (Å²) in [6.07, 6.45) is 3.80. The molecule has 1 N–H and O–H groups in total. The summed E-state index contributed by atoms with van der Waals surface area (Å²) in [5.41, 5.74) is 1.66. The minimum absolute atomic E-state index is 0.104. The molecule has 1 aromatic carbocycles. The van der Waals surface area contributed by atoms with Gasteiger partial charge in [-0.25, -0.2) is 9.97 Å². The van der Waals surface area contributed by atoms with Crippen LogP contribution in [0.4, 0.5) is 5.95 Å². The fraction of sp³-hybridized carbons (Fsp3) is 0.450. The van der Waals surface area contributed by atoms with Crippen molar-refractivity contribution in [2.24, 2.45) is 0 Å². The van der Waals surface area contributed by atoms with E-state index in [1.54, 1.807) is 12.3 Å². The van der Waals surface area contributed by atoms with Gasteiger partial charge >= 0.3 is 0 Å². The predicted octanol–water partition coefficient (Wildman–Crippen LogP) is 1.42. The third-order valence-electron chi connectivity index (χ3n) is 5.29. The molecule has 1 aromatic heterocycles. The Morgan fingerprint density at radius 1 is 1.11 bits per heavy atom. The van der Waals surface area contributed by atoms with Gasteiger partial charge in [0.05, 0.1) is 0 Å². The van der Waals surface area contributed by atoms with Crippen LogP contribution in [0.5, 0.6) is 11.5 Å². The molecular formula is C20H23N5O3. The standard InChI is InChI=1S/C20H23N5O3/c26-19(22-15-2-3-15)16-5-6-21-20(23-16)25-9-7-24(8-10-25)12-14-1-4-17-18(11-14)28-13-27-17/h1,4-6,11,15H,2-3,7-10,12-13H2,(H,22,26). The first kappa shape index (κ1) is 17.2. The molecule has 3 heterocycles. The minimum Gasteiger partial charge on any atom is -0.454 e. The number of nitrogens with zero attached hydrogens (tertiary/aromatic N) is 4. The van der Waals surface area contributed by atoms with Crippen molar-refractivity contribution >= 4 is 11.9 Å². The topological polar surface area (TPSA) is 79.8 Å². The molecule has 1 saturated heterocycles. The first-order chi connectivity index (χ1) is 13.7. The third-order valence-corrected chi connectivity index (χ3v) is 5.29. The summed E-state index contributed by atoms with van der Waals surface area (Å²) >= 11 is 0. The van der Waals surface area contributed by atoms with Crippen LogP contribution >= 0.6 is 0 Å².